The predicted octanol–water partition coefficient (Wildman–Crippen LogP) is 1.14. The lowest BCUT2D eigenvalue weighted by molar-refractivity contribution is 0.0695. The highest BCUT2D eigenvalue weighted by Crippen LogP contribution is 2.15. The fraction of sp³-hybridized carbons (Fsp3) is 0.154. The van der Waals surface area contributed by atoms with Crippen molar-refractivity contribution in [3.63, 3.8) is 0 Å². The molecule has 20 heavy (non-hydrogen) atoms. The molecule has 3 aromatic rings. The number of aryl methyl sites for hydroxylation is 1. The molecule has 1 N–H and O–H groups in total. The number of carboxylic acids is 1. The Morgan fingerprint density at radius 3 is 2.95 bits per heavy atom. The second-order valence-electron chi connectivity index (χ2n) is 4.38. The Bertz CT molecular complexity index is 856. The van der Waals surface area contributed by atoms with Crippen LogP contribution in [0.25, 0.3) is 5.52 Å². The number of hydrogen-bond acceptors (Lipinski definition) is 4. The quantitative estimate of drug-likeness (QED) is 0.773. The molecule has 3 rings (SSSR count). The van der Waals surface area contributed by atoms with Gasteiger partial charge < -0.3 is 14.1 Å². The third-order valence-corrected chi connectivity index (χ3v) is 3.06. The molecule has 0 aromatic carbocycles. The zero-order valence-corrected chi connectivity index (χ0v) is 10.6. The molecule has 3 heterocycles. The summed E-state index contributed by atoms with van der Waals surface area (Å²) in [6.45, 7) is 1.75. The molecule has 0 atom stereocenters. The van der Waals surface area contributed by atoms with E-state index >= 15 is 0 Å². The van der Waals surface area contributed by atoms with E-state index in [9.17, 15) is 9.59 Å². The Morgan fingerprint density at radius 2 is 2.25 bits per heavy atom. The van der Waals surface area contributed by atoms with Crippen molar-refractivity contribution in [2.45, 2.75) is 13.5 Å². The number of carbonyl (C=O) groups is 1. The van der Waals surface area contributed by atoms with Crippen molar-refractivity contribution in [2.75, 3.05) is 0 Å². The lowest BCUT2D eigenvalue weighted by Gasteiger charge is -2.03. The van der Waals surface area contributed by atoms with E-state index in [2.05, 4.69) is 5.10 Å². The Morgan fingerprint density at radius 1 is 1.45 bits per heavy atom. The Hall–Kier alpha value is -2.83. The monoisotopic (exact) mass is 273 g/mol. The first-order valence-electron chi connectivity index (χ1n) is 5.91. The van der Waals surface area contributed by atoms with Gasteiger partial charge in [0.25, 0.3) is 5.56 Å². The van der Waals surface area contributed by atoms with Gasteiger partial charge in [-0.25, -0.2) is 9.31 Å². The Balaban J connectivity index is 2.01. The average molecular weight is 273 g/mol. The van der Waals surface area contributed by atoms with E-state index in [1.165, 1.54) is 15.1 Å². The molecule has 0 saturated heterocycles. The second-order valence-corrected chi connectivity index (χ2v) is 4.38. The maximum absolute atomic E-state index is 12.2. The summed E-state index contributed by atoms with van der Waals surface area (Å²) in [5.74, 6) is -0.298. The van der Waals surface area contributed by atoms with E-state index in [1.54, 1.807) is 31.6 Å². The van der Waals surface area contributed by atoms with Gasteiger partial charge >= 0.3 is 5.97 Å². The van der Waals surface area contributed by atoms with Crippen LogP contribution >= 0.6 is 0 Å². The molecule has 0 saturated carbocycles. The summed E-state index contributed by atoms with van der Waals surface area (Å²) in [7, 11) is 0. The van der Waals surface area contributed by atoms with Crippen LogP contribution in [0.1, 0.15) is 21.9 Å². The molecule has 0 aliphatic heterocycles. The van der Waals surface area contributed by atoms with Gasteiger partial charge in [-0.3, -0.25) is 4.79 Å². The SMILES string of the molecule is Cc1oc(Cn2ccn3nccc3c2=O)cc1C(=O)O. The van der Waals surface area contributed by atoms with Crippen molar-refractivity contribution >= 4 is 11.5 Å². The summed E-state index contributed by atoms with van der Waals surface area (Å²) in [5.41, 5.74) is 0.351. The first kappa shape index (κ1) is 12.2. The molecule has 0 unspecified atom stereocenters. The molecule has 7 nitrogen and oxygen atoms in total. The Kier molecular flexibility index (Phi) is 2.67. The highest BCUT2D eigenvalue weighted by atomic mass is 16.4. The molecule has 102 valence electrons. The predicted molar refractivity (Wildman–Crippen MR) is 69.0 cm³/mol. The molecule has 0 bridgehead atoms. The summed E-state index contributed by atoms with van der Waals surface area (Å²) in [4.78, 5) is 23.1. The van der Waals surface area contributed by atoms with Crippen LogP contribution in [0, 0.1) is 6.92 Å². The fourth-order valence-electron chi connectivity index (χ4n) is 2.09. The zero-order chi connectivity index (χ0) is 14.3. The number of aromatic nitrogens is 3. The molecular formula is C13H11N3O4. The number of furan rings is 1. The van der Waals surface area contributed by atoms with Crippen LogP contribution in [0.4, 0.5) is 0 Å². The number of fused-ring (bicyclic) bond motifs is 1. The van der Waals surface area contributed by atoms with E-state index in [0.29, 0.717) is 17.0 Å². The lowest BCUT2D eigenvalue weighted by Crippen LogP contribution is -2.21. The lowest BCUT2D eigenvalue weighted by atomic mass is 10.2. The minimum Gasteiger partial charge on any atom is -0.478 e. The molecule has 0 spiro atoms. The summed E-state index contributed by atoms with van der Waals surface area (Å²) in [6.07, 6.45) is 4.78. The van der Waals surface area contributed by atoms with Gasteiger partial charge in [-0.15, -0.1) is 0 Å². The molecule has 0 aliphatic rings. The highest BCUT2D eigenvalue weighted by molar-refractivity contribution is 5.88. The van der Waals surface area contributed by atoms with Crippen LogP contribution in [-0.4, -0.2) is 25.3 Å². The summed E-state index contributed by atoms with van der Waals surface area (Å²) < 4.78 is 8.29. The van der Waals surface area contributed by atoms with Gasteiger partial charge in [-0.2, -0.15) is 5.10 Å². The molecular weight excluding hydrogens is 262 g/mol. The minimum absolute atomic E-state index is 0.110. The number of rotatable bonds is 3. The van der Waals surface area contributed by atoms with Gasteiger partial charge in [-0.1, -0.05) is 0 Å². The summed E-state index contributed by atoms with van der Waals surface area (Å²) in [6, 6.07) is 3.06. The topological polar surface area (TPSA) is 89.7 Å². The van der Waals surface area contributed by atoms with Gasteiger partial charge in [0.1, 0.15) is 22.6 Å². The van der Waals surface area contributed by atoms with E-state index in [1.807, 2.05) is 0 Å². The average Bonchev–Trinajstić information content (AvgIpc) is 2.99. The fourth-order valence-corrected chi connectivity index (χ4v) is 2.09. The summed E-state index contributed by atoms with van der Waals surface area (Å²) in [5, 5.41) is 12.9. The van der Waals surface area contributed by atoms with E-state index in [0.717, 1.165) is 0 Å². The maximum Gasteiger partial charge on any atom is 0.339 e. The van der Waals surface area contributed by atoms with Crippen molar-refractivity contribution in [1.82, 2.24) is 14.2 Å². The minimum atomic E-state index is -1.05. The van der Waals surface area contributed by atoms with Crippen LogP contribution in [0.3, 0.4) is 0 Å². The molecule has 7 heteroatoms. The van der Waals surface area contributed by atoms with Crippen molar-refractivity contribution in [3.05, 3.63) is 58.2 Å². The Labute approximate surface area is 112 Å². The highest BCUT2D eigenvalue weighted by Gasteiger charge is 2.14. The molecule has 0 amide bonds. The number of nitrogens with zero attached hydrogens (tertiary/aromatic N) is 3. The number of carboxylic acid groups (broad SMARTS) is 1. The number of hydrogen-bond donors (Lipinski definition) is 1. The van der Waals surface area contributed by atoms with Gasteiger partial charge in [0, 0.05) is 12.4 Å². The van der Waals surface area contributed by atoms with Crippen LogP contribution in [0.2, 0.25) is 0 Å². The zero-order valence-electron chi connectivity index (χ0n) is 10.6. The van der Waals surface area contributed by atoms with Crippen molar-refractivity contribution in [1.29, 1.82) is 0 Å². The van der Waals surface area contributed by atoms with Gasteiger partial charge in [0.15, 0.2) is 0 Å². The molecule has 3 aromatic heterocycles. The molecule has 0 fully saturated rings. The maximum atomic E-state index is 12.2. The standard InChI is InChI=1S/C13H11N3O4/c1-8-10(13(18)19)6-9(20-8)7-15-4-5-16-11(12(15)17)2-3-14-16/h2-6H,7H2,1H3,(H,18,19). The smallest absolute Gasteiger partial charge is 0.339 e. The van der Waals surface area contributed by atoms with Crippen LogP contribution in [-0.2, 0) is 6.54 Å². The van der Waals surface area contributed by atoms with Crippen LogP contribution in [0.5, 0.6) is 0 Å². The first-order valence-corrected chi connectivity index (χ1v) is 5.91. The third kappa shape index (κ3) is 1.89. The van der Waals surface area contributed by atoms with Crippen molar-refractivity contribution in [3.8, 4) is 0 Å². The van der Waals surface area contributed by atoms with Crippen LogP contribution in [0.15, 0.2) is 39.9 Å². The van der Waals surface area contributed by atoms with E-state index in [4.69, 9.17) is 9.52 Å². The van der Waals surface area contributed by atoms with Gasteiger partial charge in [0.2, 0.25) is 0 Å². The first-order chi connectivity index (χ1) is 9.56. The summed E-state index contributed by atoms with van der Waals surface area (Å²) >= 11 is 0. The number of aromatic carboxylic acids is 1. The van der Waals surface area contributed by atoms with Gasteiger partial charge in [-0.05, 0) is 19.1 Å². The second kappa shape index (κ2) is 4.37. The largest absolute Gasteiger partial charge is 0.478 e. The van der Waals surface area contributed by atoms with E-state index in [-0.39, 0.29) is 17.7 Å². The molecule has 0 aliphatic carbocycles. The van der Waals surface area contributed by atoms with Crippen molar-refractivity contribution in [2.24, 2.45) is 0 Å². The normalized spacial score (nSPS) is 11.1. The van der Waals surface area contributed by atoms with Crippen LogP contribution < -0.4 is 5.56 Å². The van der Waals surface area contributed by atoms with Gasteiger partial charge in [0.05, 0.1) is 12.7 Å². The van der Waals surface area contributed by atoms with E-state index < -0.39 is 5.97 Å². The van der Waals surface area contributed by atoms with Crippen molar-refractivity contribution < 1.29 is 14.3 Å². The third-order valence-electron chi connectivity index (χ3n) is 3.06. The molecule has 0 radical (unpaired) electrons.